The van der Waals surface area contributed by atoms with E-state index in [1.165, 1.54) is 49.7 Å². The molecule has 0 bridgehead atoms. The molecule has 2 saturated heterocycles. The molecule has 132 valence electrons. The van der Waals surface area contributed by atoms with E-state index in [2.05, 4.69) is 7.05 Å². The minimum atomic E-state index is -0.214. The van der Waals surface area contributed by atoms with Crippen molar-refractivity contribution in [1.29, 1.82) is 0 Å². The summed E-state index contributed by atoms with van der Waals surface area (Å²) in [6, 6.07) is 7.90. The summed E-state index contributed by atoms with van der Waals surface area (Å²) in [6.45, 7) is 5.71. The number of esters is 1. The number of rotatable bonds is 5. The zero-order chi connectivity index (χ0) is 17.0. The van der Waals surface area contributed by atoms with Crippen molar-refractivity contribution in [1.82, 2.24) is 0 Å². The minimum absolute atomic E-state index is 0.214. The third kappa shape index (κ3) is 3.75. The second-order valence-electron chi connectivity index (χ2n) is 7.45. The second-order valence-corrected chi connectivity index (χ2v) is 7.45. The fraction of sp³-hybridized carbons (Fsp3) is 0.650. The lowest BCUT2D eigenvalue weighted by molar-refractivity contribution is -0.947. The van der Waals surface area contributed by atoms with E-state index >= 15 is 0 Å². The molecule has 4 heteroatoms. The summed E-state index contributed by atoms with van der Waals surface area (Å²) in [5.41, 5.74) is 0.607. The number of ether oxygens (including phenoxy) is 2. The van der Waals surface area contributed by atoms with Crippen LogP contribution in [0.25, 0.3) is 0 Å². The Bertz CT molecular complexity index is 553. The lowest BCUT2D eigenvalue weighted by Gasteiger charge is -2.51. The highest BCUT2D eigenvalue weighted by Crippen LogP contribution is 2.36. The summed E-state index contributed by atoms with van der Waals surface area (Å²) in [4.78, 5) is 12.3. The molecular weight excluding hydrogens is 302 g/mol. The lowest BCUT2D eigenvalue weighted by atomic mass is 9.82. The van der Waals surface area contributed by atoms with Crippen LogP contribution in [0.3, 0.4) is 0 Å². The smallest absolute Gasteiger partial charge is 0.338 e. The van der Waals surface area contributed by atoms with Crippen molar-refractivity contribution in [3.05, 3.63) is 29.8 Å². The van der Waals surface area contributed by atoms with E-state index in [4.69, 9.17) is 9.47 Å². The van der Waals surface area contributed by atoms with E-state index in [0.29, 0.717) is 30.7 Å². The van der Waals surface area contributed by atoms with Crippen LogP contribution in [-0.4, -0.2) is 49.8 Å². The van der Waals surface area contributed by atoms with E-state index < -0.39 is 0 Å². The molecule has 4 nitrogen and oxygen atoms in total. The van der Waals surface area contributed by atoms with Crippen LogP contribution in [0.15, 0.2) is 24.3 Å². The largest absolute Gasteiger partial charge is 0.494 e. The van der Waals surface area contributed by atoms with Gasteiger partial charge < -0.3 is 14.0 Å². The minimum Gasteiger partial charge on any atom is -0.494 e. The Kier molecular flexibility index (Phi) is 5.44. The van der Waals surface area contributed by atoms with Crippen molar-refractivity contribution in [2.75, 3.05) is 33.4 Å². The van der Waals surface area contributed by atoms with Gasteiger partial charge in [-0.15, -0.1) is 0 Å². The molecule has 1 aromatic carbocycles. The summed E-state index contributed by atoms with van der Waals surface area (Å²) >= 11 is 0. The number of hydrogen-bond donors (Lipinski definition) is 0. The highest BCUT2D eigenvalue weighted by Gasteiger charge is 2.43. The maximum Gasteiger partial charge on any atom is 0.338 e. The number of carbonyl (C=O) groups excluding carboxylic acids is 1. The molecule has 0 radical (unpaired) electrons. The molecule has 2 aliphatic heterocycles. The first-order chi connectivity index (χ1) is 11.6. The molecule has 1 unspecified atom stereocenters. The summed E-state index contributed by atoms with van der Waals surface area (Å²) in [5, 5.41) is 0. The van der Waals surface area contributed by atoms with Crippen LogP contribution in [0, 0.1) is 5.92 Å². The number of fused-ring (bicyclic) bond motifs is 1. The molecule has 24 heavy (non-hydrogen) atoms. The first-order valence-electron chi connectivity index (χ1n) is 9.36. The summed E-state index contributed by atoms with van der Waals surface area (Å²) in [6.07, 6.45) is 6.38. The van der Waals surface area contributed by atoms with Gasteiger partial charge in [0.15, 0.2) is 0 Å². The van der Waals surface area contributed by atoms with Crippen molar-refractivity contribution in [3.8, 4) is 5.75 Å². The maximum absolute atomic E-state index is 12.3. The predicted octanol–water partition coefficient (Wildman–Crippen LogP) is 3.65. The molecule has 2 fully saturated rings. The molecule has 1 aromatic rings. The number of hydrogen-bond acceptors (Lipinski definition) is 3. The lowest BCUT2D eigenvalue weighted by Crippen LogP contribution is -2.61. The first kappa shape index (κ1) is 17.3. The molecule has 0 spiro atoms. The standard InChI is InChI=1S/C20H30NO3/c1-3-23-18-11-9-16(10-12-18)20(22)24-15-17-7-6-14-21(2)13-5-4-8-19(17)21/h9-12,17,19H,3-8,13-15H2,1-2H3/q+1/t17-,19-,21?/m1/s1. The highest BCUT2D eigenvalue weighted by molar-refractivity contribution is 5.89. The SMILES string of the molecule is CCOc1ccc(C(=O)OC[C@H]2CCC[N+]3(C)CCCC[C@H]23)cc1. The van der Waals surface area contributed by atoms with Crippen LogP contribution in [0.4, 0.5) is 0 Å². The first-order valence-corrected chi connectivity index (χ1v) is 9.36. The number of benzene rings is 1. The van der Waals surface area contributed by atoms with E-state index in [-0.39, 0.29) is 5.97 Å². The molecule has 2 heterocycles. The fourth-order valence-corrected chi connectivity index (χ4v) is 4.55. The van der Waals surface area contributed by atoms with Gasteiger partial charge >= 0.3 is 5.97 Å². The molecule has 3 atom stereocenters. The average Bonchev–Trinajstić information content (AvgIpc) is 2.60. The molecule has 0 amide bonds. The van der Waals surface area contributed by atoms with Crippen molar-refractivity contribution in [2.45, 2.75) is 45.1 Å². The van der Waals surface area contributed by atoms with Gasteiger partial charge in [0.1, 0.15) is 12.4 Å². The van der Waals surface area contributed by atoms with Crippen LogP contribution in [0.2, 0.25) is 0 Å². The second kappa shape index (κ2) is 7.56. The topological polar surface area (TPSA) is 35.5 Å². The van der Waals surface area contributed by atoms with Gasteiger partial charge in [-0.2, -0.15) is 0 Å². The highest BCUT2D eigenvalue weighted by atomic mass is 16.5. The van der Waals surface area contributed by atoms with Gasteiger partial charge in [-0.05, 0) is 56.9 Å². The number of carbonyl (C=O) groups is 1. The van der Waals surface area contributed by atoms with Gasteiger partial charge in [0.05, 0.1) is 38.3 Å². The molecule has 0 saturated carbocycles. The molecule has 3 rings (SSSR count). The van der Waals surface area contributed by atoms with Gasteiger partial charge in [-0.25, -0.2) is 4.79 Å². The monoisotopic (exact) mass is 332 g/mol. The van der Waals surface area contributed by atoms with Gasteiger partial charge in [0.2, 0.25) is 0 Å². The maximum atomic E-state index is 12.3. The Morgan fingerprint density at radius 3 is 2.62 bits per heavy atom. The average molecular weight is 332 g/mol. The van der Waals surface area contributed by atoms with Crippen LogP contribution in [0.5, 0.6) is 5.75 Å². The van der Waals surface area contributed by atoms with Gasteiger partial charge in [0, 0.05) is 12.3 Å². The Balaban J connectivity index is 1.57. The Morgan fingerprint density at radius 2 is 1.88 bits per heavy atom. The van der Waals surface area contributed by atoms with E-state index in [1.54, 1.807) is 12.1 Å². The van der Waals surface area contributed by atoms with Gasteiger partial charge in [-0.3, -0.25) is 0 Å². The van der Waals surface area contributed by atoms with E-state index in [1.807, 2.05) is 19.1 Å². The normalized spacial score (nSPS) is 29.6. The Hall–Kier alpha value is -1.55. The third-order valence-electron chi connectivity index (χ3n) is 5.84. The summed E-state index contributed by atoms with van der Waals surface area (Å²) in [7, 11) is 2.39. The van der Waals surface area contributed by atoms with Crippen molar-refractivity contribution < 1.29 is 18.8 Å². The summed E-state index contributed by atoms with van der Waals surface area (Å²) in [5.74, 6) is 1.08. The Labute approximate surface area is 145 Å². The quantitative estimate of drug-likeness (QED) is 0.610. The van der Waals surface area contributed by atoms with Gasteiger partial charge in [0.25, 0.3) is 0 Å². The predicted molar refractivity (Wildman–Crippen MR) is 94.2 cm³/mol. The van der Waals surface area contributed by atoms with E-state index in [0.717, 1.165) is 5.75 Å². The number of nitrogens with zero attached hydrogens (tertiary/aromatic N) is 1. The molecule has 0 N–H and O–H groups in total. The summed E-state index contributed by atoms with van der Waals surface area (Å²) < 4.78 is 12.3. The molecule has 0 aromatic heterocycles. The molecule has 2 aliphatic rings. The van der Waals surface area contributed by atoms with Crippen molar-refractivity contribution in [3.63, 3.8) is 0 Å². The van der Waals surface area contributed by atoms with Crippen molar-refractivity contribution >= 4 is 5.97 Å². The number of quaternary nitrogens is 1. The number of piperidine rings is 2. The van der Waals surface area contributed by atoms with Crippen LogP contribution in [-0.2, 0) is 4.74 Å². The van der Waals surface area contributed by atoms with Crippen LogP contribution >= 0.6 is 0 Å². The zero-order valence-corrected chi connectivity index (χ0v) is 15.0. The van der Waals surface area contributed by atoms with Crippen LogP contribution < -0.4 is 4.74 Å². The molecular formula is C20H30NO3+. The molecule has 0 aliphatic carbocycles. The van der Waals surface area contributed by atoms with Crippen molar-refractivity contribution in [2.24, 2.45) is 5.92 Å². The third-order valence-corrected chi connectivity index (χ3v) is 5.84. The van der Waals surface area contributed by atoms with Crippen LogP contribution in [0.1, 0.15) is 49.4 Å². The zero-order valence-electron chi connectivity index (χ0n) is 15.0. The van der Waals surface area contributed by atoms with Gasteiger partial charge in [-0.1, -0.05) is 0 Å². The van der Waals surface area contributed by atoms with E-state index in [9.17, 15) is 4.79 Å². The Morgan fingerprint density at radius 1 is 1.12 bits per heavy atom. The fourth-order valence-electron chi connectivity index (χ4n) is 4.55.